The van der Waals surface area contributed by atoms with Crippen LogP contribution < -0.4 is 5.32 Å². The summed E-state index contributed by atoms with van der Waals surface area (Å²) in [6.07, 6.45) is 1.80. The normalized spacial score (nSPS) is 10.5. The standard InChI is InChI=1S/C17H14ClN3/c1-2-11-19-16-13-8-4-6-10-15(13)20-17(21-16)12-7-3-5-9-14(12)18/h2-10H,1,11H2,(H,19,20,21). The van der Waals surface area contributed by atoms with Gasteiger partial charge in [0.25, 0.3) is 0 Å². The Morgan fingerprint density at radius 1 is 1.05 bits per heavy atom. The molecule has 21 heavy (non-hydrogen) atoms. The second kappa shape index (κ2) is 5.94. The van der Waals surface area contributed by atoms with Crippen LogP contribution in [0.15, 0.2) is 61.2 Å². The van der Waals surface area contributed by atoms with Crippen LogP contribution in [-0.2, 0) is 0 Å². The van der Waals surface area contributed by atoms with Crippen LogP contribution in [0.4, 0.5) is 5.82 Å². The maximum Gasteiger partial charge on any atom is 0.163 e. The van der Waals surface area contributed by atoms with Crippen LogP contribution in [-0.4, -0.2) is 16.5 Å². The maximum atomic E-state index is 6.25. The van der Waals surface area contributed by atoms with Crippen molar-refractivity contribution in [3.8, 4) is 11.4 Å². The smallest absolute Gasteiger partial charge is 0.163 e. The zero-order valence-corrected chi connectivity index (χ0v) is 12.1. The molecular formula is C17H14ClN3. The highest BCUT2D eigenvalue weighted by molar-refractivity contribution is 6.33. The number of aromatic nitrogens is 2. The summed E-state index contributed by atoms with van der Waals surface area (Å²) in [4.78, 5) is 9.23. The molecule has 0 atom stereocenters. The molecule has 0 bridgehead atoms. The fraction of sp³-hybridized carbons (Fsp3) is 0.0588. The van der Waals surface area contributed by atoms with Crippen molar-refractivity contribution in [2.75, 3.05) is 11.9 Å². The molecule has 0 saturated heterocycles. The van der Waals surface area contributed by atoms with Crippen molar-refractivity contribution >= 4 is 28.3 Å². The van der Waals surface area contributed by atoms with E-state index in [2.05, 4.69) is 21.9 Å². The lowest BCUT2D eigenvalue weighted by Crippen LogP contribution is -2.03. The lowest BCUT2D eigenvalue weighted by molar-refractivity contribution is 1.19. The Morgan fingerprint density at radius 2 is 1.81 bits per heavy atom. The van der Waals surface area contributed by atoms with Gasteiger partial charge in [0.2, 0.25) is 0 Å². The molecule has 0 aliphatic carbocycles. The predicted octanol–water partition coefficient (Wildman–Crippen LogP) is 4.55. The predicted molar refractivity (Wildman–Crippen MR) is 88.7 cm³/mol. The highest BCUT2D eigenvalue weighted by Gasteiger charge is 2.10. The third-order valence-corrected chi connectivity index (χ3v) is 3.46. The first kappa shape index (κ1) is 13.6. The molecule has 1 N–H and O–H groups in total. The average molecular weight is 296 g/mol. The largest absolute Gasteiger partial charge is 0.366 e. The monoisotopic (exact) mass is 295 g/mol. The van der Waals surface area contributed by atoms with Gasteiger partial charge in [-0.1, -0.05) is 41.9 Å². The highest BCUT2D eigenvalue weighted by atomic mass is 35.5. The number of nitrogens with one attached hydrogen (secondary N) is 1. The average Bonchev–Trinajstić information content (AvgIpc) is 2.53. The van der Waals surface area contributed by atoms with Crippen LogP contribution in [0.1, 0.15) is 0 Å². The number of halogens is 1. The molecule has 3 nitrogen and oxygen atoms in total. The van der Waals surface area contributed by atoms with Crippen molar-refractivity contribution in [1.82, 2.24) is 9.97 Å². The number of anilines is 1. The number of hydrogen-bond acceptors (Lipinski definition) is 3. The molecule has 0 unspecified atom stereocenters. The minimum Gasteiger partial charge on any atom is -0.366 e. The molecule has 1 aromatic heterocycles. The van der Waals surface area contributed by atoms with Crippen molar-refractivity contribution < 1.29 is 0 Å². The molecule has 0 aliphatic heterocycles. The molecule has 0 radical (unpaired) electrons. The van der Waals surface area contributed by atoms with Gasteiger partial charge in [-0.3, -0.25) is 0 Å². The SMILES string of the molecule is C=CCNc1nc(-c2ccccc2Cl)nc2ccccc12. The van der Waals surface area contributed by atoms with E-state index in [0.717, 1.165) is 22.3 Å². The molecule has 1 heterocycles. The third kappa shape index (κ3) is 2.73. The fourth-order valence-corrected chi connectivity index (χ4v) is 2.36. The first-order chi connectivity index (χ1) is 10.3. The molecule has 4 heteroatoms. The summed E-state index contributed by atoms with van der Waals surface area (Å²) in [5.74, 6) is 1.40. The summed E-state index contributed by atoms with van der Waals surface area (Å²) >= 11 is 6.25. The van der Waals surface area contributed by atoms with Crippen LogP contribution in [0.5, 0.6) is 0 Å². The van der Waals surface area contributed by atoms with Crippen LogP contribution in [0.3, 0.4) is 0 Å². The van der Waals surface area contributed by atoms with Gasteiger partial charge >= 0.3 is 0 Å². The topological polar surface area (TPSA) is 37.8 Å². The molecular weight excluding hydrogens is 282 g/mol. The number of fused-ring (bicyclic) bond motifs is 1. The molecule has 0 aliphatic rings. The van der Waals surface area contributed by atoms with Crippen molar-refractivity contribution in [2.24, 2.45) is 0 Å². The number of nitrogens with zero attached hydrogens (tertiary/aromatic N) is 2. The Morgan fingerprint density at radius 3 is 2.62 bits per heavy atom. The van der Waals surface area contributed by atoms with E-state index in [1.54, 1.807) is 6.08 Å². The fourth-order valence-electron chi connectivity index (χ4n) is 2.14. The van der Waals surface area contributed by atoms with E-state index in [1.165, 1.54) is 0 Å². The lowest BCUT2D eigenvalue weighted by atomic mass is 10.2. The van der Waals surface area contributed by atoms with E-state index < -0.39 is 0 Å². The van der Waals surface area contributed by atoms with Gasteiger partial charge in [-0.05, 0) is 24.3 Å². The van der Waals surface area contributed by atoms with Gasteiger partial charge in [-0.25, -0.2) is 9.97 Å². The summed E-state index contributed by atoms with van der Waals surface area (Å²) < 4.78 is 0. The van der Waals surface area contributed by atoms with Crippen LogP contribution >= 0.6 is 11.6 Å². The Hall–Kier alpha value is -2.39. The quantitative estimate of drug-likeness (QED) is 0.718. The first-order valence-electron chi connectivity index (χ1n) is 6.66. The van der Waals surface area contributed by atoms with E-state index >= 15 is 0 Å². The van der Waals surface area contributed by atoms with E-state index in [1.807, 2.05) is 48.5 Å². The molecule has 2 aromatic carbocycles. The number of hydrogen-bond donors (Lipinski definition) is 1. The zero-order valence-electron chi connectivity index (χ0n) is 11.4. The second-order valence-corrected chi connectivity index (χ2v) is 4.97. The number of rotatable bonds is 4. The Kier molecular flexibility index (Phi) is 3.84. The maximum absolute atomic E-state index is 6.25. The summed E-state index contributed by atoms with van der Waals surface area (Å²) in [5, 5.41) is 4.88. The number of benzene rings is 2. The first-order valence-corrected chi connectivity index (χ1v) is 7.04. The van der Waals surface area contributed by atoms with Gasteiger partial charge < -0.3 is 5.32 Å². The minimum atomic E-state index is 0.617. The van der Waals surface area contributed by atoms with Gasteiger partial charge in [0.1, 0.15) is 5.82 Å². The zero-order chi connectivity index (χ0) is 14.7. The number of para-hydroxylation sites is 1. The molecule has 0 amide bonds. The van der Waals surface area contributed by atoms with Crippen molar-refractivity contribution in [3.63, 3.8) is 0 Å². The summed E-state index contributed by atoms with van der Waals surface area (Å²) in [7, 11) is 0. The van der Waals surface area contributed by atoms with Gasteiger partial charge in [-0.2, -0.15) is 0 Å². The molecule has 0 fully saturated rings. The van der Waals surface area contributed by atoms with Crippen LogP contribution in [0.25, 0.3) is 22.3 Å². The molecule has 0 saturated carbocycles. The van der Waals surface area contributed by atoms with E-state index in [9.17, 15) is 0 Å². The highest BCUT2D eigenvalue weighted by Crippen LogP contribution is 2.28. The van der Waals surface area contributed by atoms with Crippen molar-refractivity contribution in [1.29, 1.82) is 0 Å². The minimum absolute atomic E-state index is 0.617. The van der Waals surface area contributed by atoms with Crippen molar-refractivity contribution in [2.45, 2.75) is 0 Å². The van der Waals surface area contributed by atoms with Gasteiger partial charge in [0.15, 0.2) is 5.82 Å². The summed E-state index contributed by atoms with van der Waals surface area (Å²) in [5.41, 5.74) is 1.71. The van der Waals surface area contributed by atoms with E-state index in [0.29, 0.717) is 17.4 Å². The molecule has 0 spiro atoms. The third-order valence-electron chi connectivity index (χ3n) is 3.13. The van der Waals surface area contributed by atoms with Gasteiger partial charge in [-0.15, -0.1) is 6.58 Å². The second-order valence-electron chi connectivity index (χ2n) is 4.56. The molecule has 104 valence electrons. The molecule has 3 aromatic rings. The lowest BCUT2D eigenvalue weighted by Gasteiger charge is -2.10. The Bertz CT molecular complexity index is 799. The Labute approximate surface area is 128 Å². The van der Waals surface area contributed by atoms with Gasteiger partial charge in [0.05, 0.1) is 10.5 Å². The summed E-state index contributed by atoms with van der Waals surface area (Å²) in [6, 6.07) is 15.5. The van der Waals surface area contributed by atoms with E-state index in [4.69, 9.17) is 11.6 Å². The summed E-state index contributed by atoms with van der Waals surface area (Å²) in [6.45, 7) is 4.37. The van der Waals surface area contributed by atoms with E-state index in [-0.39, 0.29) is 0 Å². The molecule has 3 rings (SSSR count). The Balaban J connectivity index is 2.20. The van der Waals surface area contributed by atoms with Crippen LogP contribution in [0, 0.1) is 0 Å². The van der Waals surface area contributed by atoms with Gasteiger partial charge in [0, 0.05) is 17.5 Å². The van der Waals surface area contributed by atoms with Crippen molar-refractivity contribution in [3.05, 3.63) is 66.2 Å². The van der Waals surface area contributed by atoms with Crippen LogP contribution in [0.2, 0.25) is 5.02 Å².